The van der Waals surface area contributed by atoms with Crippen molar-refractivity contribution in [3.63, 3.8) is 0 Å². The average Bonchev–Trinajstić information content (AvgIpc) is 2.46. The van der Waals surface area contributed by atoms with E-state index in [2.05, 4.69) is 0 Å². The van der Waals surface area contributed by atoms with Crippen molar-refractivity contribution in [2.24, 2.45) is 11.5 Å². The fourth-order valence-electron chi connectivity index (χ4n) is 1.98. The topological polar surface area (TPSA) is 89.4 Å². The lowest BCUT2D eigenvalue weighted by Gasteiger charge is -2.26. The SMILES string of the molecule is NC(=O)C1=CN(c2cccc(C(F)(F)F)c2)CC(C(N)=O)=C1. The maximum atomic E-state index is 12.8. The molecule has 1 aliphatic heterocycles. The minimum atomic E-state index is -4.50. The average molecular weight is 311 g/mol. The molecule has 0 radical (unpaired) electrons. The van der Waals surface area contributed by atoms with Gasteiger partial charge in [-0.2, -0.15) is 13.2 Å². The first-order valence-corrected chi connectivity index (χ1v) is 6.14. The summed E-state index contributed by atoms with van der Waals surface area (Å²) in [6.45, 7) is -0.0482. The van der Waals surface area contributed by atoms with Crippen LogP contribution in [0.25, 0.3) is 0 Å². The molecule has 1 aliphatic rings. The van der Waals surface area contributed by atoms with Crippen molar-refractivity contribution >= 4 is 17.5 Å². The molecular weight excluding hydrogens is 299 g/mol. The fourth-order valence-corrected chi connectivity index (χ4v) is 1.98. The van der Waals surface area contributed by atoms with E-state index in [0.717, 1.165) is 12.1 Å². The van der Waals surface area contributed by atoms with Crippen molar-refractivity contribution in [2.75, 3.05) is 11.4 Å². The Kier molecular flexibility index (Phi) is 3.94. The molecular formula is C14H12F3N3O2. The molecule has 0 spiro atoms. The number of carbonyl (C=O) groups is 2. The van der Waals surface area contributed by atoms with Crippen LogP contribution in [0.5, 0.6) is 0 Å². The van der Waals surface area contributed by atoms with Gasteiger partial charge >= 0.3 is 6.18 Å². The molecule has 0 aliphatic carbocycles. The predicted octanol–water partition coefficient (Wildman–Crippen LogP) is 1.31. The highest BCUT2D eigenvalue weighted by Gasteiger charge is 2.31. The first kappa shape index (κ1) is 15.6. The summed E-state index contributed by atoms with van der Waals surface area (Å²) in [7, 11) is 0. The van der Waals surface area contributed by atoms with Gasteiger partial charge in [0.05, 0.1) is 17.7 Å². The molecule has 0 saturated carbocycles. The van der Waals surface area contributed by atoms with Gasteiger partial charge in [0.2, 0.25) is 11.8 Å². The molecule has 0 saturated heterocycles. The van der Waals surface area contributed by atoms with Crippen LogP contribution in [0.1, 0.15) is 5.56 Å². The number of halogens is 3. The first-order valence-electron chi connectivity index (χ1n) is 6.14. The van der Waals surface area contributed by atoms with Crippen molar-refractivity contribution in [3.05, 3.63) is 53.3 Å². The highest BCUT2D eigenvalue weighted by molar-refractivity contribution is 6.01. The summed E-state index contributed by atoms with van der Waals surface area (Å²) in [5.41, 5.74) is 9.72. The summed E-state index contributed by atoms with van der Waals surface area (Å²) in [5, 5.41) is 0. The number of benzene rings is 1. The number of nitrogens with zero attached hydrogens (tertiary/aromatic N) is 1. The minimum Gasteiger partial charge on any atom is -0.366 e. The van der Waals surface area contributed by atoms with Crippen LogP contribution in [0.15, 0.2) is 47.7 Å². The zero-order chi connectivity index (χ0) is 16.5. The summed E-state index contributed by atoms with van der Waals surface area (Å²) in [6, 6.07) is 4.50. The number of rotatable bonds is 3. The molecule has 0 atom stereocenters. The van der Waals surface area contributed by atoms with Gasteiger partial charge in [0.25, 0.3) is 0 Å². The van der Waals surface area contributed by atoms with Crippen LogP contribution in [0, 0.1) is 0 Å². The molecule has 0 unspecified atom stereocenters. The molecule has 4 N–H and O–H groups in total. The maximum Gasteiger partial charge on any atom is 0.416 e. The van der Waals surface area contributed by atoms with Crippen molar-refractivity contribution < 1.29 is 22.8 Å². The number of amides is 2. The van der Waals surface area contributed by atoms with E-state index in [4.69, 9.17) is 11.5 Å². The van der Waals surface area contributed by atoms with E-state index in [-0.39, 0.29) is 23.4 Å². The van der Waals surface area contributed by atoms with Gasteiger partial charge in [-0.3, -0.25) is 9.59 Å². The third-order valence-electron chi connectivity index (χ3n) is 3.07. The van der Waals surface area contributed by atoms with Crippen LogP contribution in [0.4, 0.5) is 18.9 Å². The zero-order valence-electron chi connectivity index (χ0n) is 11.2. The van der Waals surface area contributed by atoms with Gasteiger partial charge in [0, 0.05) is 17.5 Å². The summed E-state index contributed by atoms with van der Waals surface area (Å²) in [5.74, 6) is -1.58. The van der Waals surface area contributed by atoms with Gasteiger partial charge in [0.15, 0.2) is 0 Å². The molecule has 1 aromatic rings. The van der Waals surface area contributed by atoms with Crippen molar-refractivity contribution in [3.8, 4) is 0 Å². The van der Waals surface area contributed by atoms with Crippen molar-refractivity contribution in [1.82, 2.24) is 0 Å². The molecule has 1 heterocycles. The molecule has 0 fully saturated rings. The highest BCUT2D eigenvalue weighted by atomic mass is 19.4. The van der Waals surface area contributed by atoms with Gasteiger partial charge in [0.1, 0.15) is 0 Å². The van der Waals surface area contributed by atoms with E-state index in [1.807, 2.05) is 0 Å². The lowest BCUT2D eigenvalue weighted by molar-refractivity contribution is -0.137. The van der Waals surface area contributed by atoms with Gasteiger partial charge in [-0.05, 0) is 24.3 Å². The Balaban J connectivity index is 2.43. The Morgan fingerprint density at radius 3 is 2.36 bits per heavy atom. The number of carbonyl (C=O) groups excluding carboxylic acids is 2. The summed E-state index contributed by atoms with van der Waals surface area (Å²) >= 11 is 0. The lowest BCUT2D eigenvalue weighted by atomic mass is 10.1. The molecule has 0 bridgehead atoms. The number of nitrogens with two attached hydrogens (primary N) is 2. The number of hydrogen-bond donors (Lipinski definition) is 2. The highest BCUT2D eigenvalue weighted by Crippen LogP contribution is 2.32. The van der Waals surface area contributed by atoms with E-state index < -0.39 is 23.6 Å². The quantitative estimate of drug-likeness (QED) is 0.882. The van der Waals surface area contributed by atoms with Crippen LogP contribution < -0.4 is 16.4 Å². The molecule has 5 nitrogen and oxygen atoms in total. The summed E-state index contributed by atoms with van der Waals surface area (Å²) < 4.78 is 38.3. The largest absolute Gasteiger partial charge is 0.416 e. The zero-order valence-corrected chi connectivity index (χ0v) is 11.2. The van der Waals surface area contributed by atoms with Crippen LogP contribution in [0.2, 0.25) is 0 Å². The fraction of sp³-hybridized carbons (Fsp3) is 0.143. The van der Waals surface area contributed by atoms with Crippen LogP contribution in [-0.2, 0) is 15.8 Å². The molecule has 22 heavy (non-hydrogen) atoms. The Bertz CT molecular complexity index is 693. The summed E-state index contributed by atoms with van der Waals surface area (Å²) in [6.07, 6.45) is -1.98. The molecule has 2 rings (SSSR count). The number of primary amides is 2. The second kappa shape index (κ2) is 5.55. The molecule has 1 aromatic carbocycles. The third-order valence-corrected chi connectivity index (χ3v) is 3.07. The van der Waals surface area contributed by atoms with Gasteiger partial charge in [-0.1, -0.05) is 6.07 Å². The van der Waals surface area contributed by atoms with Crippen LogP contribution in [0.3, 0.4) is 0 Å². The van der Waals surface area contributed by atoms with Crippen LogP contribution >= 0.6 is 0 Å². The van der Waals surface area contributed by atoms with E-state index >= 15 is 0 Å². The second-order valence-corrected chi connectivity index (χ2v) is 4.66. The molecule has 116 valence electrons. The van der Waals surface area contributed by atoms with E-state index in [1.165, 1.54) is 29.3 Å². The van der Waals surface area contributed by atoms with Gasteiger partial charge < -0.3 is 16.4 Å². The normalized spacial score (nSPS) is 15.1. The standard InChI is InChI=1S/C14H12F3N3O2/c15-14(16,17)10-2-1-3-11(5-10)20-6-8(12(18)21)4-9(7-20)13(19)22/h1-6H,7H2,(H2,18,21)(H2,19,22). The molecule has 8 heteroatoms. The lowest BCUT2D eigenvalue weighted by Crippen LogP contribution is -2.32. The minimum absolute atomic E-state index is 0.0162. The monoisotopic (exact) mass is 311 g/mol. The molecule has 2 amide bonds. The van der Waals surface area contributed by atoms with E-state index in [1.54, 1.807) is 0 Å². The Labute approximate surface area is 123 Å². The van der Waals surface area contributed by atoms with Crippen molar-refractivity contribution in [1.29, 1.82) is 0 Å². The number of alkyl halides is 3. The Morgan fingerprint density at radius 2 is 1.82 bits per heavy atom. The molecule has 0 aromatic heterocycles. The third kappa shape index (κ3) is 3.27. The first-order chi connectivity index (χ1) is 10.2. The van der Waals surface area contributed by atoms with Gasteiger partial charge in [-0.25, -0.2) is 0 Å². The van der Waals surface area contributed by atoms with Crippen LogP contribution in [-0.4, -0.2) is 18.4 Å². The van der Waals surface area contributed by atoms with E-state index in [0.29, 0.717) is 0 Å². The van der Waals surface area contributed by atoms with Crippen molar-refractivity contribution in [2.45, 2.75) is 6.18 Å². The summed E-state index contributed by atoms with van der Waals surface area (Å²) in [4.78, 5) is 23.9. The van der Waals surface area contributed by atoms with E-state index in [9.17, 15) is 22.8 Å². The smallest absolute Gasteiger partial charge is 0.366 e. The Hall–Kier alpha value is -2.77. The second-order valence-electron chi connectivity index (χ2n) is 4.66. The number of hydrogen-bond acceptors (Lipinski definition) is 3. The predicted molar refractivity (Wildman–Crippen MR) is 73.3 cm³/mol. The number of anilines is 1. The Morgan fingerprint density at radius 1 is 1.14 bits per heavy atom. The van der Waals surface area contributed by atoms with Gasteiger partial charge in [-0.15, -0.1) is 0 Å². The maximum absolute atomic E-state index is 12.8.